The van der Waals surface area contributed by atoms with Gasteiger partial charge in [0.2, 0.25) is 0 Å². The molecule has 106 valence electrons. The van der Waals surface area contributed by atoms with E-state index in [-0.39, 0.29) is 0 Å². The Kier molecular flexibility index (Phi) is 3.44. The Bertz CT molecular complexity index is 634. The summed E-state index contributed by atoms with van der Waals surface area (Å²) in [5.41, 5.74) is 7.86. The molecule has 5 nitrogen and oxygen atoms in total. The molecule has 0 radical (unpaired) electrons. The number of carbonyl (C=O) groups is 1. The van der Waals surface area contributed by atoms with Crippen molar-refractivity contribution in [3.63, 3.8) is 0 Å². The van der Waals surface area contributed by atoms with E-state index < -0.39 is 5.91 Å². The zero-order chi connectivity index (χ0) is 14.1. The first-order valence-electron chi connectivity index (χ1n) is 7.13. The molecule has 20 heavy (non-hydrogen) atoms. The van der Waals surface area contributed by atoms with Crippen molar-refractivity contribution in [3.05, 3.63) is 35.7 Å². The molecule has 3 heterocycles. The van der Waals surface area contributed by atoms with Crippen LogP contribution >= 0.6 is 0 Å². The molecule has 2 aromatic rings. The Morgan fingerprint density at radius 1 is 1.55 bits per heavy atom. The predicted molar refractivity (Wildman–Crippen MR) is 77.4 cm³/mol. The van der Waals surface area contributed by atoms with Gasteiger partial charge in [0.1, 0.15) is 5.69 Å². The normalized spacial score (nSPS) is 20.4. The smallest absolute Gasteiger partial charge is 0.269 e. The number of carbonyl (C=O) groups excluding carboxylic acids is 1. The SMILES string of the molecule is C[C@H]1CCCN(Cc2cc(C(N)=O)nn3cccc23)C1. The van der Waals surface area contributed by atoms with E-state index in [1.165, 1.54) is 12.8 Å². The summed E-state index contributed by atoms with van der Waals surface area (Å²) in [5, 5.41) is 4.23. The van der Waals surface area contributed by atoms with Gasteiger partial charge in [0.05, 0.1) is 5.52 Å². The fraction of sp³-hybridized carbons (Fsp3) is 0.467. The van der Waals surface area contributed by atoms with Crippen LogP contribution in [0.25, 0.3) is 5.52 Å². The molecule has 1 fully saturated rings. The highest BCUT2D eigenvalue weighted by Gasteiger charge is 2.18. The molecule has 3 rings (SSSR count). The third-order valence-corrected chi connectivity index (χ3v) is 3.97. The average molecular weight is 272 g/mol. The molecule has 0 bridgehead atoms. The Balaban J connectivity index is 1.93. The second-order valence-corrected chi connectivity index (χ2v) is 5.74. The monoisotopic (exact) mass is 272 g/mol. The van der Waals surface area contributed by atoms with Crippen LogP contribution in [0.3, 0.4) is 0 Å². The summed E-state index contributed by atoms with van der Waals surface area (Å²) in [5.74, 6) is 0.262. The highest BCUT2D eigenvalue weighted by Crippen LogP contribution is 2.20. The van der Waals surface area contributed by atoms with Gasteiger partial charge in [-0.2, -0.15) is 5.10 Å². The fourth-order valence-corrected chi connectivity index (χ4v) is 3.02. The van der Waals surface area contributed by atoms with E-state index in [0.717, 1.165) is 36.6 Å². The third kappa shape index (κ3) is 2.54. The Labute approximate surface area is 118 Å². The van der Waals surface area contributed by atoms with Gasteiger partial charge in [-0.3, -0.25) is 9.69 Å². The third-order valence-electron chi connectivity index (χ3n) is 3.97. The minimum absolute atomic E-state index is 0.328. The van der Waals surface area contributed by atoms with Crippen molar-refractivity contribution in [1.82, 2.24) is 14.5 Å². The molecule has 1 saturated heterocycles. The molecule has 1 atom stereocenters. The minimum Gasteiger partial charge on any atom is -0.364 e. The summed E-state index contributed by atoms with van der Waals surface area (Å²) < 4.78 is 1.74. The summed E-state index contributed by atoms with van der Waals surface area (Å²) in [4.78, 5) is 13.8. The van der Waals surface area contributed by atoms with Gasteiger partial charge in [0.25, 0.3) is 5.91 Å². The zero-order valence-electron chi connectivity index (χ0n) is 11.7. The Morgan fingerprint density at radius 3 is 3.15 bits per heavy atom. The molecular formula is C15H20N4O. The van der Waals surface area contributed by atoms with Crippen molar-refractivity contribution in [2.75, 3.05) is 13.1 Å². The quantitative estimate of drug-likeness (QED) is 0.924. The van der Waals surface area contributed by atoms with Crippen LogP contribution in [0.4, 0.5) is 0 Å². The lowest BCUT2D eigenvalue weighted by Gasteiger charge is -2.31. The standard InChI is InChI=1S/C15H20N4O/c1-11-4-2-6-18(9-11)10-12-8-13(15(16)20)17-19-7-3-5-14(12)19/h3,5,7-8,11H,2,4,6,9-10H2,1H3,(H2,16,20)/t11-/m0/s1. The molecule has 5 heteroatoms. The van der Waals surface area contributed by atoms with E-state index in [1.807, 2.05) is 24.4 Å². The van der Waals surface area contributed by atoms with Crippen LogP contribution in [0.15, 0.2) is 24.4 Å². The van der Waals surface area contributed by atoms with Gasteiger partial charge in [-0.15, -0.1) is 0 Å². The molecule has 1 aliphatic heterocycles. The Morgan fingerprint density at radius 2 is 2.40 bits per heavy atom. The van der Waals surface area contributed by atoms with E-state index >= 15 is 0 Å². The van der Waals surface area contributed by atoms with E-state index in [9.17, 15) is 4.79 Å². The van der Waals surface area contributed by atoms with E-state index in [2.05, 4.69) is 16.9 Å². The van der Waals surface area contributed by atoms with Crippen LogP contribution in [0.5, 0.6) is 0 Å². The minimum atomic E-state index is -0.478. The largest absolute Gasteiger partial charge is 0.364 e. The average Bonchev–Trinajstić information content (AvgIpc) is 2.87. The van der Waals surface area contributed by atoms with E-state index in [0.29, 0.717) is 5.69 Å². The molecule has 1 amide bonds. The van der Waals surface area contributed by atoms with Crippen LogP contribution in [0.2, 0.25) is 0 Å². The van der Waals surface area contributed by atoms with Crippen molar-refractivity contribution in [3.8, 4) is 0 Å². The first-order chi connectivity index (χ1) is 9.63. The lowest BCUT2D eigenvalue weighted by molar-refractivity contribution is 0.0994. The van der Waals surface area contributed by atoms with Crippen molar-refractivity contribution in [2.45, 2.75) is 26.3 Å². The molecule has 0 aliphatic carbocycles. The van der Waals surface area contributed by atoms with Crippen molar-refractivity contribution >= 4 is 11.4 Å². The van der Waals surface area contributed by atoms with Crippen LogP contribution in [0.1, 0.15) is 35.8 Å². The number of hydrogen-bond donors (Lipinski definition) is 1. The number of amides is 1. The summed E-state index contributed by atoms with van der Waals surface area (Å²) in [6, 6.07) is 5.80. The van der Waals surface area contributed by atoms with Gasteiger partial charge in [-0.1, -0.05) is 6.92 Å². The molecule has 0 spiro atoms. The zero-order valence-corrected chi connectivity index (χ0v) is 11.7. The second-order valence-electron chi connectivity index (χ2n) is 5.74. The number of aromatic nitrogens is 2. The molecule has 1 aliphatic rings. The Hall–Kier alpha value is -1.88. The van der Waals surface area contributed by atoms with Gasteiger partial charge >= 0.3 is 0 Å². The van der Waals surface area contributed by atoms with Gasteiger partial charge < -0.3 is 5.73 Å². The maximum atomic E-state index is 11.4. The first-order valence-corrected chi connectivity index (χ1v) is 7.13. The molecule has 0 aromatic carbocycles. The van der Waals surface area contributed by atoms with Gasteiger partial charge in [0, 0.05) is 19.3 Å². The number of hydrogen-bond acceptors (Lipinski definition) is 3. The predicted octanol–water partition coefficient (Wildman–Crippen LogP) is 1.67. The number of rotatable bonds is 3. The maximum Gasteiger partial charge on any atom is 0.269 e. The van der Waals surface area contributed by atoms with Crippen LogP contribution in [0, 0.1) is 5.92 Å². The molecular weight excluding hydrogens is 252 g/mol. The lowest BCUT2D eigenvalue weighted by atomic mass is 10.00. The number of nitrogens with two attached hydrogens (primary N) is 1. The van der Waals surface area contributed by atoms with Gasteiger partial charge in [-0.05, 0) is 49.1 Å². The maximum absolute atomic E-state index is 11.4. The summed E-state index contributed by atoms with van der Waals surface area (Å²) >= 11 is 0. The number of nitrogens with zero attached hydrogens (tertiary/aromatic N) is 3. The van der Waals surface area contributed by atoms with Crippen LogP contribution in [-0.4, -0.2) is 33.5 Å². The molecule has 0 saturated carbocycles. The highest BCUT2D eigenvalue weighted by atomic mass is 16.1. The number of likely N-dealkylation sites (tertiary alicyclic amines) is 1. The van der Waals surface area contributed by atoms with Gasteiger partial charge in [0.15, 0.2) is 0 Å². The van der Waals surface area contributed by atoms with E-state index in [4.69, 9.17) is 5.73 Å². The first kappa shape index (κ1) is 13.1. The summed E-state index contributed by atoms with van der Waals surface area (Å²) in [6.45, 7) is 5.37. The molecule has 0 unspecified atom stereocenters. The molecule has 2 N–H and O–H groups in total. The number of primary amides is 1. The van der Waals surface area contributed by atoms with Gasteiger partial charge in [-0.25, -0.2) is 4.52 Å². The highest BCUT2D eigenvalue weighted by molar-refractivity contribution is 5.91. The second kappa shape index (κ2) is 5.25. The van der Waals surface area contributed by atoms with Crippen molar-refractivity contribution in [1.29, 1.82) is 0 Å². The molecule has 2 aromatic heterocycles. The van der Waals surface area contributed by atoms with Crippen molar-refractivity contribution < 1.29 is 4.79 Å². The van der Waals surface area contributed by atoms with Crippen molar-refractivity contribution in [2.24, 2.45) is 11.7 Å². The lowest BCUT2D eigenvalue weighted by Crippen LogP contribution is -2.34. The fourth-order valence-electron chi connectivity index (χ4n) is 3.02. The summed E-state index contributed by atoms with van der Waals surface area (Å²) in [6.07, 6.45) is 4.40. The van der Waals surface area contributed by atoms with Crippen LogP contribution < -0.4 is 5.73 Å². The van der Waals surface area contributed by atoms with Crippen LogP contribution in [-0.2, 0) is 6.54 Å². The van der Waals surface area contributed by atoms with E-state index in [1.54, 1.807) is 4.52 Å². The number of piperidine rings is 1. The topological polar surface area (TPSA) is 63.6 Å². The summed E-state index contributed by atoms with van der Waals surface area (Å²) in [7, 11) is 0. The number of fused-ring (bicyclic) bond motifs is 1.